The summed E-state index contributed by atoms with van der Waals surface area (Å²) in [6, 6.07) is 8.28. The molecule has 1 aromatic heterocycles. The Morgan fingerprint density at radius 3 is 2.48 bits per heavy atom. The topological polar surface area (TPSA) is 69.6 Å². The van der Waals surface area contributed by atoms with Gasteiger partial charge in [-0.25, -0.2) is 9.98 Å². The standard InChI is InChI=1S/C21H29N5OS.HI/c1-4-22-21(24-12-19-25-15(2)16(3)28-19)23-11-7-10-20(27)26-13-17-8-5-6-9-18(17)14-26;/h5-6,8-9H,4,7,10-14H2,1-3H3,(H2,22,23,24);1H. The van der Waals surface area contributed by atoms with Crippen LogP contribution in [-0.4, -0.2) is 34.8 Å². The Balaban J connectivity index is 0.00000300. The quantitative estimate of drug-likeness (QED) is 0.249. The molecule has 8 heteroatoms. The van der Waals surface area contributed by atoms with Crippen molar-refractivity contribution in [3.8, 4) is 0 Å². The molecule has 1 aliphatic heterocycles. The molecule has 2 N–H and O–H groups in total. The minimum Gasteiger partial charge on any atom is -0.357 e. The van der Waals surface area contributed by atoms with Crippen molar-refractivity contribution < 1.29 is 4.79 Å². The third-order valence-corrected chi connectivity index (χ3v) is 5.90. The number of nitrogens with zero attached hydrogens (tertiary/aromatic N) is 3. The SMILES string of the molecule is CCNC(=NCc1nc(C)c(C)s1)NCCCC(=O)N1Cc2ccccc2C1.I. The summed E-state index contributed by atoms with van der Waals surface area (Å²) in [5.74, 6) is 0.989. The number of halogens is 1. The minimum atomic E-state index is 0. The maximum Gasteiger partial charge on any atom is 0.223 e. The van der Waals surface area contributed by atoms with Gasteiger partial charge in [-0.3, -0.25) is 4.79 Å². The molecule has 3 rings (SSSR count). The van der Waals surface area contributed by atoms with Crippen LogP contribution in [0.15, 0.2) is 29.3 Å². The van der Waals surface area contributed by atoms with E-state index in [0.29, 0.717) is 19.5 Å². The number of nitrogens with one attached hydrogen (secondary N) is 2. The van der Waals surface area contributed by atoms with Crippen molar-refractivity contribution in [2.75, 3.05) is 13.1 Å². The number of hydrogen-bond donors (Lipinski definition) is 2. The number of benzene rings is 1. The van der Waals surface area contributed by atoms with Gasteiger partial charge in [0.1, 0.15) is 5.01 Å². The molecule has 2 heterocycles. The van der Waals surface area contributed by atoms with Crippen LogP contribution in [0.3, 0.4) is 0 Å². The van der Waals surface area contributed by atoms with Crippen LogP contribution >= 0.6 is 35.3 Å². The van der Waals surface area contributed by atoms with Gasteiger partial charge >= 0.3 is 0 Å². The Morgan fingerprint density at radius 1 is 1.21 bits per heavy atom. The first-order chi connectivity index (χ1) is 13.6. The Hall–Kier alpha value is -1.68. The summed E-state index contributed by atoms with van der Waals surface area (Å²) in [7, 11) is 0. The lowest BCUT2D eigenvalue weighted by molar-refractivity contribution is -0.131. The van der Waals surface area contributed by atoms with Crippen LogP contribution in [0, 0.1) is 13.8 Å². The number of hydrogen-bond acceptors (Lipinski definition) is 4. The number of aliphatic imine (C=N–C) groups is 1. The lowest BCUT2D eigenvalue weighted by Gasteiger charge is -2.16. The first kappa shape index (κ1) is 23.6. The Labute approximate surface area is 194 Å². The number of amides is 1. The molecule has 0 spiro atoms. The lowest BCUT2D eigenvalue weighted by atomic mass is 10.1. The van der Waals surface area contributed by atoms with E-state index in [1.807, 2.05) is 30.9 Å². The van der Waals surface area contributed by atoms with E-state index in [-0.39, 0.29) is 29.9 Å². The number of carbonyl (C=O) groups excluding carboxylic acids is 1. The van der Waals surface area contributed by atoms with Gasteiger partial charge in [-0.1, -0.05) is 24.3 Å². The Kier molecular flexibility index (Phi) is 9.35. The van der Waals surface area contributed by atoms with Gasteiger partial charge in [-0.2, -0.15) is 0 Å². The van der Waals surface area contributed by atoms with Crippen LogP contribution in [0.5, 0.6) is 0 Å². The smallest absolute Gasteiger partial charge is 0.223 e. The summed E-state index contributed by atoms with van der Waals surface area (Å²) in [6.07, 6.45) is 1.33. The first-order valence-electron chi connectivity index (χ1n) is 9.86. The highest BCUT2D eigenvalue weighted by atomic mass is 127. The van der Waals surface area contributed by atoms with Gasteiger partial charge in [-0.15, -0.1) is 35.3 Å². The zero-order chi connectivity index (χ0) is 19.9. The van der Waals surface area contributed by atoms with Crippen LogP contribution in [0.4, 0.5) is 0 Å². The number of aromatic nitrogens is 1. The van der Waals surface area contributed by atoms with Crippen molar-refractivity contribution in [2.45, 2.75) is 53.2 Å². The molecule has 6 nitrogen and oxygen atoms in total. The molecule has 1 aromatic carbocycles. The Morgan fingerprint density at radius 2 is 1.90 bits per heavy atom. The van der Waals surface area contributed by atoms with Crippen LogP contribution in [0.25, 0.3) is 0 Å². The second-order valence-corrected chi connectivity index (χ2v) is 8.28. The van der Waals surface area contributed by atoms with E-state index >= 15 is 0 Å². The molecule has 158 valence electrons. The second kappa shape index (κ2) is 11.5. The van der Waals surface area contributed by atoms with Gasteiger partial charge in [0.15, 0.2) is 5.96 Å². The molecule has 1 amide bonds. The summed E-state index contributed by atoms with van der Waals surface area (Å²) in [5, 5.41) is 7.59. The van der Waals surface area contributed by atoms with Gasteiger partial charge in [-0.05, 0) is 38.3 Å². The fourth-order valence-electron chi connectivity index (χ4n) is 3.21. The summed E-state index contributed by atoms with van der Waals surface area (Å²) in [6.45, 7) is 9.71. The molecule has 0 saturated heterocycles. The van der Waals surface area contributed by atoms with Gasteiger partial charge in [0, 0.05) is 37.5 Å². The van der Waals surface area contributed by atoms with Gasteiger partial charge in [0.2, 0.25) is 5.91 Å². The van der Waals surface area contributed by atoms with Crippen molar-refractivity contribution in [1.29, 1.82) is 0 Å². The molecule has 1 aliphatic rings. The zero-order valence-electron chi connectivity index (χ0n) is 17.3. The fraction of sp³-hybridized carbons (Fsp3) is 0.476. The molecular formula is C21H30IN5OS. The van der Waals surface area contributed by atoms with Crippen LogP contribution in [0.2, 0.25) is 0 Å². The number of guanidine groups is 1. The summed E-state index contributed by atoms with van der Waals surface area (Å²) in [4.78, 5) is 24.8. The highest BCUT2D eigenvalue weighted by Gasteiger charge is 2.22. The summed E-state index contributed by atoms with van der Waals surface area (Å²) >= 11 is 1.69. The maximum atomic E-state index is 12.5. The van der Waals surface area contributed by atoms with Crippen molar-refractivity contribution in [3.63, 3.8) is 0 Å². The number of carbonyl (C=O) groups is 1. The van der Waals surface area contributed by atoms with E-state index in [9.17, 15) is 4.79 Å². The molecule has 0 bridgehead atoms. The lowest BCUT2D eigenvalue weighted by Crippen LogP contribution is -2.38. The molecule has 0 atom stereocenters. The molecular weight excluding hydrogens is 497 g/mol. The predicted molar refractivity (Wildman–Crippen MR) is 130 cm³/mol. The van der Waals surface area contributed by atoms with Crippen LogP contribution < -0.4 is 10.6 Å². The second-order valence-electron chi connectivity index (χ2n) is 6.99. The van der Waals surface area contributed by atoms with E-state index < -0.39 is 0 Å². The van der Waals surface area contributed by atoms with Crippen LogP contribution in [-0.2, 0) is 24.4 Å². The van der Waals surface area contributed by atoms with Gasteiger partial charge < -0.3 is 15.5 Å². The first-order valence-corrected chi connectivity index (χ1v) is 10.7. The highest BCUT2D eigenvalue weighted by Crippen LogP contribution is 2.22. The van der Waals surface area contributed by atoms with Crippen molar-refractivity contribution in [2.24, 2.45) is 4.99 Å². The average Bonchev–Trinajstić information content (AvgIpc) is 3.26. The summed E-state index contributed by atoms with van der Waals surface area (Å²) < 4.78 is 0. The van der Waals surface area contributed by atoms with E-state index in [4.69, 9.17) is 0 Å². The Bertz CT molecular complexity index is 807. The van der Waals surface area contributed by atoms with E-state index in [1.165, 1.54) is 16.0 Å². The number of rotatable bonds is 7. The molecule has 2 aromatic rings. The largest absolute Gasteiger partial charge is 0.357 e. The fourth-order valence-corrected chi connectivity index (χ4v) is 4.07. The predicted octanol–water partition coefficient (Wildman–Crippen LogP) is 3.76. The van der Waals surface area contributed by atoms with Crippen molar-refractivity contribution >= 4 is 47.2 Å². The molecule has 0 radical (unpaired) electrons. The third-order valence-electron chi connectivity index (χ3n) is 4.84. The molecule has 29 heavy (non-hydrogen) atoms. The number of aryl methyl sites for hydroxylation is 2. The maximum absolute atomic E-state index is 12.5. The molecule has 0 aliphatic carbocycles. The average molecular weight is 527 g/mol. The third kappa shape index (κ3) is 6.67. The van der Waals surface area contributed by atoms with Crippen molar-refractivity contribution in [3.05, 3.63) is 51.0 Å². The molecule has 0 unspecified atom stereocenters. The van der Waals surface area contributed by atoms with E-state index in [1.54, 1.807) is 11.3 Å². The monoisotopic (exact) mass is 527 g/mol. The van der Waals surface area contributed by atoms with E-state index in [0.717, 1.165) is 42.7 Å². The van der Waals surface area contributed by atoms with Gasteiger partial charge in [0.05, 0.1) is 12.2 Å². The molecule has 0 fully saturated rings. The highest BCUT2D eigenvalue weighted by molar-refractivity contribution is 14.0. The number of thiazole rings is 1. The van der Waals surface area contributed by atoms with Crippen molar-refractivity contribution in [1.82, 2.24) is 20.5 Å². The minimum absolute atomic E-state index is 0. The van der Waals surface area contributed by atoms with Crippen LogP contribution in [0.1, 0.15) is 46.5 Å². The normalized spacial score (nSPS) is 13.1. The van der Waals surface area contributed by atoms with Gasteiger partial charge in [0.25, 0.3) is 0 Å². The summed E-state index contributed by atoms with van der Waals surface area (Å²) in [5.41, 5.74) is 3.61. The zero-order valence-corrected chi connectivity index (χ0v) is 20.5. The van der Waals surface area contributed by atoms with E-state index in [2.05, 4.69) is 39.7 Å². The number of fused-ring (bicyclic) bond motifs is 1. The molecule has 0 saturated carbocycles.